The van der Waals surface area contributed by atoms with Gasteiger partial charge in [-0.2, -0.15) is 47.0 Å². The molecule has 0 bridgehead atoms. The maximum atomic E-state index is 3.03. The molecule has 8 aliphatic rings. The number of allylic oxidation sites excluding steroid dienone is 6. The minimum absolute atomic E-state index is 0.0178. The number of rotatable bonds is 4. The molecule has 6 heteroatoms. The number of benzene rings is 2. The maximum Gasteiger partial charge on any atom is 0.0602 e. The Morgan fingerprint density at radius 2 is 1.05 bits per heavy atom. The molecule has 10 rings (SSSR count). The average Bonchev–Trinajstić information content (AvgIpc) is 3.26. The summed E-state index contributed by atoms with van der Waals surface area (Å²) in [5, 5.41) is 4.58. The van der Waals surface area contributed by atoms with Gasteiger partial charge < -0.3 is 9.80 Å². The van der Waals surface area contributed by atoms with Gasteiger partial charge in [0.05, 0.1) is 12.1 Å². The molecular weight excluding hydrogens is 793 g/mol. The highest BCUT2D eigenvalue weighted by Gasteiger charge is 2.65. The highest BCUT2D eigenvalue weighted by atomic mass is 32.2. The first-order valence-electron chi connectivity index (χ1n) is 23.5. The van der Waals surface area contributed by atoms with Gasteiger partial charge in [-0.3, -0.25) is 0 Å². The van der Waals surface area contributed by atoms with Crippen LogP contribution in [0.15, 0.2) is 102 Å². The third-order valence-electron chi connectivity index (χ3n) is 17.8. The number of thioether (sulfide) groups is 4. The summed E-state index contributed by atoms with van der Waals surface area (Å²) in [4.78, 5) is 5.95. The summed E-state index contributed by atoms with van der Waals surface area (Å²) in [7, 11) is 0. The summed E-state index contributed by atoms with van der Waals surface area (Å²) < 4.78 is 0. The number of fused-ring (bicyclic) bond motifs is 5. The summed E-state index contributed by atoms with van der Waals surface area (Å²) in [6.07, 6.45) is 17.2. The zero-order valence-electron chi connectivity index (χ0n) is 37.3. The van der Waals surface area contributed by atoms with Crippen LogP contribution in [-0.2, 0) is 5.41 Å². The molecule has 0 radical (unpaired) electrons. The Kier molecular flexibility index (Phi) is 11.1. The van der Waals surface area contributed by atoms with Crippen LogP contribution in [0.3, 0.4) is 0 Å². The van der Waals surface area contributed by atoms with E-state index in [1.807, 2.05) is 0 Å². The molecule has 0 N–H and O–H groups in total. The van der Waals surface area contributed by atoms with Crippen molar-refractivity contribution in [2.24, 2.45) is 47.3 Å². The molecule has 2 aromatic carbocycles. The fourth-order valence-corrected chi connectivity index (χ4v) is 23.3. The van der Waals surface area contributed by atoms with Gasteiger partial charge in [-0.05, 0) is 115 Å². The first-order chi connectivity index (χ1) is 28.4. The van der Waals surface area contributed by atoms with Gasteiger partial charge in [0.25, 0.3) is 0 Å². The Morgan fingerprint density at radius 1 is 0.542 bits per heavy atom. The monoisotopic (exact) mass is 862 g/mol. The van der Waals surface area contributed by atoms with Gasteiger partial charge in [0.1, 0.15) is 0 Å². The van der Waals surface area contributed by atoms with Crippen molar-refractivity contribution in [2.75, 3.05) is 9.80 Å². The standard InChI is InChI=1S/C53H70N2S4/c1-29-31(3)35(7)47-45(33(29)5)56-49-43(54(37-21-13-11-14-22-37)38-23-15-12-16-24-38)50-52(59-48-36(8)32(4)30(2)34(6)46(48)57-50)44(51(49)58-47)55-41-27-19-17-25-39(41)53(9,10)40-26-18-20-28-42(40)55/h11,13-15,17,19-25,27-36,43-52H,12,16,18,26H2,1-10H3. The Morgan fingerprint density at radius 3 is 1.59 bits per heavy atom. The molecule has 16 atom stereocenters. The summed E-state index contributed by atoms with van der Waals surface area (Å²) in [5.41, 5.74) is 9.07. The van der Waals surface area contributed by atoms with Crippen molar-refractivity contribution in [3.8, 4) is 0 Å². The molecule has 0 aromatic heterocycles. The van der Waals surface area contributed by atoms with E-state index in [2.05, 4.69) is 211 Å². The normalized spacial score (nSPS) is 44.6. The zero-order valence-corrected chi connectivity index (χ0v) is 40.6. The summed E-state index contributed by atoms with van der Waals surface area (Å²) in [5.74, 6) is 5.75. The lowest BCUT2D eigenvalue weighted by molar-refractivity contribution is 0.146. The van der Waals surface area contributed by atoms with Gasteiger partial charge in [-0.1, -0.05) is 124 Å². The van der Waals surface area contributed by atoms with Crippen LogP contribution in [0.1, 0.15) is 100 Å². The molecule has 2 saturated heterocycles. The van der Waals surface area contributed by atoms with Crippen LogP contribution in [0, 0.1) is 47.3 Å². The van der Waals surface area contributed by atoms with E-state index in [4.69, 9.17) is 0 Å². The van der Waals surface area contributed by atoms with E-state index in [1.165, 1.54) is 22.6 Å². The van der Waals surface area contributed by atoms with Gasteiger partial charge in [0, 0.05) is 70.2 Å². The fourth-order valence-electron chi connectivity index (χ4n) is 13.4. The summed E-state index contributed by atoms with van der Waals surface area (Å²) in [6, 6.07) is 22.1. The molecule has 2 nitrogen and oxygen atoms in total. The number of anilines is 2. The van der Waals surface area contributed by atoms with Gasteiger partial charge in [0.15, 0.2) is 0 Å². The maximum absolute atomic E-state index is 3.03. The molecular formula is C53H70N2S4. The summed E-state index contributed by atoms with van der Waals surface area (Å²) in [6.45, 7) is 25.9. The van der Waals surface area contributed by atoms with Crippen LogP contribution < -0.4 is 9.80 Å². The molecule has 2 aromatic rings. The second-order valence-corrected chi connectivity index (χ2v) is 26.2. The smallest absolute Gasteiger partial charge is 0.0602 e. The molecule has 16 unspecified atom stereocenters. The van der Waals surface area contributed by atoms with Crippen LogP contribution in [0.4, 0.5) is 11.4 Å². The van der Waals surface area contributed by atoms with Crippen LogP contribution in [0.2, 0.25) is 0 Å². The van der Waals surface area contributed by atoms with E-state index in [9.17, 15) is 0 Å². The summed E-state index contributed by atoms with van der Waals surface area (Å²) >= 11 is 9.94. The first kappa shape index (κ1) is 41.4. The fraction of sp³-hybridized carbons (Fsp3) is 0.623. The lowest BCUT2D eigenvalue weighted by Gasteiger charge is -2.66. The van der Waals surface area contributed by atoms with E-state index < -0.39 is 0 Å². The van der Waals surface area contributed by atoms with Gasteiger partial charge in [0.2, 0.25) is 0 Å². The quantitative estimate of drug-likeness (QED) is 0.300. The van der Waals surface area contributed by atoms with Crippen molar-refractivity contribution < 1.29 is 0 Å². The average molecular weight is 863 g/mol. The molecule has 3 aliphatic heterocycles. The van der Waals surface area contributed by atoms with Crippen molar-refractivity contribution in [2.45, 2.75) is 154 Å². The molecule has 59 heavy (non-hydrogen) atoms. The van der Waals surface area contributed by atoms with Crippen LogP contribution in [0.5, 0.6) is 0 Å². The van der Waals surface area contributed by atoms with Crippen LogP contribution in [0.25, 0.3) is 0 Å². The molecule has 316 valence electrons. The van der Waals surface area contributed by atoms with E-state index in [0.717, 1.165) is 49.4 Å². The van der Waals surface area contributed by atoms with E-state index in [-0.39, 0.29) is 5.41 Å². The van der Waals surface area contributed by atoms with Gasteiger partial charge in [-0.15, -0.1) is 0 Å². The Hall–Kier alpha value is -1.60. The Labute approximate surface area is 375 Å². The predicted molar refractivity (Wildman–Crippen MR) is 264 cm³/mol. The van der Waals surface area contributed by atoms with E-state index in [0.29, 0.717) is 77.8 Å². The lowest BCUT2D eigenvalue weighted by atomic mass is 9.68. The van der Waals surface area contributed by atoms with Crippen molar-refractivity contribution in [3.05, 3.63) is 108 Å². The first-order valence-corrected chi connectivity index (χ1v) is 27.3. The van der Waals surface area contributed by atoms with Crippen molar-refractivity contribution >= 4 is 58.4 Å². The third kappa shape index (κ3) is 6.49. The minimum Gasteiger partial charge on any atom is -0.336 e. The molecule has 3 saturated carbocycles. The SMILES string of the molecule is CC1C(C)C(C)C2SC3C(SC2C1C)C(N(C1=CCCC=C1)c1ccccc1)C1SC2C(C)C(C)C(C)C(C)C2SC1C3N1C2=C(CCC=C2)C(C)(C)c2ccccc21. The second kappa shape index (κ2) is 15.9. The molecule has 3 heterocycles. The molecule has 0 spiro atoms. The third-order valence-corrected chi connectivity index (χ3v) is 26.2. The van der Waals surface area contributed by atoms with E-state index >= 15 is 0 Å². The predicted octanol–water partition coefficient (Wildman–Crippen LogP) is 13.9. The largest absolute Gasteiger partial charge is 0.336 e. The Balaban J connectivity index is 1.22. The van der Waals surface area contributed by atoms with Crippen molar-refractivity contribution in [1.29, 1.82) is 0 Å². The number of nitrogens with zero attached hydrogens (tertiary/aromatic N) is 2. The van der Waals surface area contributed by atoms with Gasteiger partial charge >= 0.3 is 0 Å². The minimum atomic E-state index is 0.0178. The number of para-hydroxylation sites is 2. The van der Waals surface area contributed by atoms with E-state index in [1.54, 1.807) is 11.3 Å². The van der Waals surface area contributed by atoms with Crippen LogP contribution in [-0.4, -0.2) is 54.1 Å². The lowest BCUT2D eigenvalue weighted by Crippen LogP contribution is -2.73. The second-order valence-electron chi connectivity index (χ2n) is 20.7. The topological polar surface area (TPSA) is 6.48 Å². The van der Waals surface area contributed by atoms with Gasteiger partial charge in [-0.25, -0.2) is 0 Å². The molecule has 5 aliphatic carbocycles. The van der Waals surface area contributed by atoms with Crippen molar-refractivity contribution in [3.63, 3.8) is 0 Å². The highest BCUT2D eigenvalue weighted by Crippen LogP contribution is 2.66. The van der Waals surface area contributed by atoms with Crippen molar-refractivity contribution in [1.82, 2.24) is 0 Å². The zero-order chi connectivity index (χ0) is 41.1. The Bertz CT molecular complexity index is 1960. The molecule has 5 fully saturated rings. The number of hydrogen-bond acceptors (Lipinski definition) is 6. The molecule has 0 amide bonds. The highest BCUT2D eigenvalue weighted by molar-refractivity contribution is 8.09. The van der Waals surface area contributed by atoms with Crippen LogP contribution >= 0.6 is 47.0 Å². The number of hydrogen-bond donors (Lipinski definition) is 0.